The molecule has 0 aromatic heterocycles. The monoisotopic (exact) mass is 302 g/mol. The first-order valence-electron chi connectivity index (χ1n) is 7.58. The van der Waals surface area contributed by atoms with E-state index in [9.17, 15) is 9.50 Å². The molecular weight excluding hydrogens is 279 g/mol. The average molecular weight is 302 g/mol. The van der Waals surface area contributed by atoms with Crippen molar-refractivity contribution in [1.82, 2.24) is 5.32 Å². The molecule has 22 heavy (non-hydrogen) atoms. The van der Waals surface area contributed by atoms with Crippen LogP contribution in [0.3, 0.4) is 0 Å². The maximum absolute atomic E-state index is 12.8. The van der Waals surface area contributed by atoms with Crippen LogP contribution in [0.2, 0.25) is 0 Å². The number of hydrogen-bond donors (Lipinski definition) is 3. The molecule has 0 heterocycles. The average Bonchev–Trinajstić information content (AvgIpc) is 2.54. The third kappa shape index (κ3) is 5.56. The molecule has 118 valence electrons. The van der Waals surface area contributed by atoms with Crippen molar-refractivity contribution in [2.75, 3.05) is 13.1 Å². The minimum Gasteiger partial charge on any atom is -0.390 e. The molecule has 0 fully saturated rings. The van der Waals surface area contributed by atoms with Gasteiger partial charge in [0.05, 0.1) is 6.10 Å². The van der Waals surface area contributed by atoms with Crippen LogP contribution in [0.25, 0.3) is 0 Å². The summed E-state index contributed by atoms with van der Waals surface area (Å²) in [5, 5.41) is 13.3. The van der Waals surface area contributed by atoms with Gasteiger partial charge in [-0.2, -0.15) is 0 Å². The zero-order valence-electron chi connectivity index (χ0n) is 12.6. The zero-order chi connectivity index (χ0) is 15.8. The fourth-order valence-electron chi connectivity index (χ4n) is 2.31. The molecule has 0 saturated heterocycles. The van der Waals surface area contributed by atoms with E-state index in [0.717, 1.165) is 24.1 Å². The van der Waals surface area contributed by atoms with Gasteiger partial charge in [-0.05, 0) is 42.6 Å². The number of hydrogen-bond acceptors (Lipinski definition) is 3. The number of nitrogens with one attached hydrogen (secondary N) is 1. The predicted octanol–water partition coefficient (Wildman–Crippen LogP) is 1.89. The first-order chi connectivity index (χ1) is 10.6. The molecule has 0 aliphatic rings. The van der Waals surface area contributed by atoms with Crippen LogP contribution in [0.5, 0.6) is 0 Å². The molecule has 2 rings (SSSR count). The molecule has 2 aromatic rings. The van der Waals surface area contributed by atoms with E-state index in [0.29, 0.717) is 13.0 Å². The number of nitrogens with two attached hydrogens (primary N) is 1. The van der Waals surface area contributed by atoms with E-state index >= 15 is 0 Å². The Hall–Kier alpha value is -1.75. The lowest BCUT2D eigenvalue weighted by Crippen LogP contribution is -2.43. The van der Waals surface area contributed by atoms with Crippen molar-refractivity contribution in [3.8, 4) is 0 Å². The molecule has 4 N–H and O–H groups in total. The van der Waals surface area contributed by atoms with E-state index in [1.807, 2.05) is 30.3 Å². The van der Waals surface area contributed by atoms with Crippen LogP contribution in [-0.4, -0.2) is 30.3 Å². The lowest BCUT2D eigenvalue weighted by Gasteiger charge is -2.19. The van der Waals surface area contributed by atoms with Gasteiger partial charge in [-0.3, -0.25) is 0 Å². The molecule has 0 bridgehead atoms. The molecular formula is C18H23FN2O. The summed E-state index contributed by atoms with van der Waals surface area (Å²) in [6, 6.07) is 16.1. The second-order valence-electron chi connectivity index (χ2n) is 5.50. The second kappa shape index (κ2) is 8.63. The van der Waals surface area contributed by atoms with Crippen LogP contribution in [0, 0.1) is 5.82 Å². The highest BCUT2D eigenvalue weighted by molar-refractivity contribution is 5.17. The maximum Gasteiger partial charge on any atom is 0.123 e. The van der Waals surface area contributed by atoms with E-state index in [2.05, 4.69) is 5.32 Å². The molecule has 0 aliphatic carbocycles. The molecule has 2 atom stereocenters. The Bertz CT molecular complexity index is 545. The van der Waals surface area contributed by atoms with Gasteiger partial charge in [-0.1, -0.05) is 42.5 Å². The van der Waals surface area contributed by atoms with E-state index in [4.69, 9.17) is 5.73 Å². The summed E-state index contributed by atoms with van der Waals surface area (Å²) in [4.78, 5) is 0. The summed E-state index contributed by atoms with van der Waals surface area (Å²) in [6.07, 6.45) is 0.858. The van der Waals surface area contributed by atoms with Crippen molar-refractivity contribution in [2.24, 2.45) is 5.73 Å². The molecule has 0 aliphatic heterocycles. The summed E-state index contributed by atoms with van der Waals surface area (Å²) in [6.45, 7) is 1.18. The summed E-state index contributed by atoms with van der Waals surface area (Å²) in [5.41, 5.74) is 8.22. The summed E-state index contributed by atoms with van der Waals surface area (Å²) in [5.74, 6) is -0.223. The summed E-state index contributed by atoms with van der Waals surface area (Å²) < 4.78 is 12.8. The standard InChI is InChI=1S/C18H23FN2O/c19-16-8-6-14(7-9-16)10-11-21-13-18(22)17(20)12-15-4-2-1-3-5-15/h1-9,17-18,21-22H,10-13,20H2/t17-,18+/m0/s1. The van der Waals surface area contributed by atoms with Crippen LogP contribution in [0.15, 0.2) is 54.6 Å². The quantitative estimate of drug-likeness (QED) is 0.653. The Morgan fingerprint density at radius 3 is 2.36 bits per heavy atom. The minimum atomic E-state index is -0.589. The van der Waals surface area contributed by atoms with Crippen molar-refractivity contribution in [1.29, 1.82) is 0 Å². The smallest absolute Gasteiger partial charge is 0.123 e. The highest BCUT2D eigenvalue weighted by Gasteiger charge is 2.14. The summed E-state index contributed by atoms with van der Waals surface area (Å²) in [7, 11) is 0. The van der Waals surface area contributed by atoms with Gasteiger partial charge in [0.15, 0.2) is 0 Å². The van der Waals surface area contributed by atoms with Crippen LogP contribution in [0.4, 0.5) is 4.39 Å². The lowest BCUT2D eigenvalue weighted by atomic mass is 10.0. The molecule has 0 unspecified atom stereocenters. The predicted molar refractivity (Wildman–Crippen MR) is 87.1 cm³/mol. The molecule has 4 heteroatoms. The van der Waals surface area contributed by atoms with E-state index < -0.39 is 6.10 Å². The molecule has 0 radical (unpaired) electrons. The molecule has 3 nitrogen and oxygen atoms in total. The third-order valence-corrected chi connectivity index (χ3v) is 3.67. The molecule has 0 saturated carbocycles. The first-order valence-corrected chi connectivity index (χ1v) is 7.58. The van der Waals surface area contributed by atoms with Gasteiger partial charge in [0.2, 0.25) is 0 Å². The van der Waals surface area contributed by atoms with E-state index in [1.54, 1.807) is 12.1 Å². The SMILES string of the molecule is N[C@@H](Cc1ccccc1)[C@H](O)CNCCc1ccc(F)cc1. The fraction of sp³-hybridized carbons (Fsp3) is 0.333. The van der Waals surface area contributed by atoms with Crippen molar-refractivity contribution in [2.45, 2.75) is 25.0 Å². The number of aliphatic hydroxyl groups is 1. The Morgan fingerprint density at radius 2 is 1.68 bits per heavy atom. The summed E-state index contributed by atoms with van der Waals surface area (Å²) >= 11 is 0. The highest BCUT2D eigenvalue weighted by Crippen LogP contribution is 2.05. The van der Waals surface area contributed by atoms with Crippen molar-refractivity contribution in [3.63, 3.8) is 0 Å². The number of rotatable bonds is 8. The van der Waals surface area contributed by atoms with Crippen molar-refractivity contribution >= 4 is 0 Å². The van der Waals surface area contributed by atoms with Crippen LogP contribution >= 0.6 is 0 Å². The van der Waals surface area contributed by atoms with Gasteiger partial charge >= 0.3 is 0 Å². The van der Waals surface area contributed by atoms with Gasteiger partial charge in [-0.25, -0.2) is 4.39 Å². The zero-order valence-corrected chi connectivity index (χ0v) is 12.6. The van der Waals surface area contributed by atoms with E-state index in [1.165, 1.54) is 12.1 Å². The van der Waals surface area contributed by atoms with Crippen molar-refractivity contribution in [3.05, 3.63) is 71.5 Å². The van der Waals surface area contributed by atoms with Gasteiger partial charge < -0.3 is 16.2 Å². The van der Waals surface area contributed by atoms with Crippen LogP contribution in [0.1, 0.15) is 11.1 Å². The van der Waals surface area contributed by atoms with Gasteiger partial charge in [0, 0.05) is 12.6 Å². The largest absolute Gasteiger partial charge is 0.390 e. The fourth-order valence-corrected chi connectivity index (χ4v) is 2.31. The normalized spacial score (nSPS) is 13.8. The van der Waals surface area contributed by atoms with Gasteiger partial charge in [0.25, 0.3) is 0 Å². The molecule has 2 aromatic carbocycles. The second-order valence-corrected chi connectivity index (χ2v) is 5.50. The Morgan fingerprint density at radius 1 is 1.00 bits per heavy atom. The number of aliphatic hydroxyl groups excluding tert-OH is 1. The first kappa shape index (κ1) is 16.6. The third-order valence-electron chi connectivity index (χ3n) is 3.67. The molecule has 0 amide bonds. The maximum atomic E-state index is 12.8. The number of benzene rings is 2. The Kier molecular flexibility index (Phi) is 6.52. The molecule has 0 spiro atoms. The van der Waals surface area contributed by atoms with Crippen LogP contribution in [-0.2, 0) is 12.8 Å². The minimum absolute atomic E-state index is 0.223. The van der Waals surface area contributed by atoms with Crippen LogP contribution < -0.4 is 11.1 Å². The van der Waals surface area contributed by atoms with Crippen molar-refractivity contribution < 1.29 is 9.50 Å². The topological polar surface area (TPSA) is 58.3 Å². The lowest BCUT2D eigenvalue weighted by molar-refractivity contribution is 0.142. The highest BCUT2D eigenvalue weighted by atomic mass is 19.1. The van der Waals surface area contributed by atoms with Gasteiger partial charge in [-0.15, -0.1) is 0 Å². The Balaban J connectivity index is 1.66. The number of halogens is 1. The van der Waals surface area contributed by atoms with Gasteiger partial charge in [0.1, 0.15) is 5.82 Å². The van der Waals surface area contributed by atoms with E-state index in [-0.39, 0.29) is 11.9 Å². The Labute approximate surface area is 131 Å².